The molecule has 1 aliphatic heterocycles. The van der Waals surface area contributed by atoms with Gasteiger partial charge in [0.25, 0.3) is 5.91 Å². The lowest BCUT2D eigenvalue weighted by Gasteiger charge is -2.40. The Morgan fingerprint density at radius 1 is 1.41 bits per heavy atom. The van der Waals surface area contributed by atoms with Gasteiger partial charge in [-0.05, 0) is 12.5 Å². The summed E-state index contributed by atoms with van der Waals surface area (Å²) in [6.07, 6.45) is 0.239. The molecule has 2 amide bonds. The van der Waals surface area contributed by atoms with Gasteiger partial charge in [0.2, 0.25) is 5.91 Å². The number of rotatable bonds is 3. The molecule has 5 nitrogen and oxygen atoms in total. The molecule has 0 spiro atoms. The SMILES string of the molecule is CC1[C@H](NC(=O)Cc2ccccc2)C(=O)N1O. The van der Waals surface area contributed by atoms with Gasteiger partial charge in [-0.1, -0.05) is 30.3 Å². The molecule has 0 bridgehead atoms. The number of benzene rings is 1. The van der Waals surface area contributed by atoms with E-state index in [1.54, 1.807) is 6.92 Å². The van der Waals surface area contributed by atoms with E-state index in [9.17, 15) is 9.59 Å². The molecule has 17 heavy (non-hydrogen) atoms. The van der Waals surface area contributed by atoms with Gasteiger partial charge in [0.1, 0.15) is 6.04 Å². The van der Waals surface area contributed by atoms with Gasteiger partial charge < -0.3 is 5.32 Å². The Bertz CT molecular complexity index is 433. The Morgan fingerprint density at radius 2 is 2.06 bits per heavy atom. The van der Waals surface area contributed by atoms with Crippen LogP contribution in [0.4, 0.5) is 0 Å². The van der Waals surface area contributed by atoms with Crippen LogP contribution in [0.1, 0.15) is 12.5 Å². The third kappa shape index (κ3) is 2.29. The zero-order valence-electron chi connectivity index (χ0n) is 9.46. The van der Waals surface area contributed by atoms with Crippen molar-refractivity contribution >= 4 is 11.8 Å². The molecule has 1 aliphatic rings. The van der Waals surface area contributed by atoms with E-state index >= 15 is 0 Å². The van der Waals surface area contributed by atoms with Crippen LogP contribution >= 0.6 is 0 Å². The molecular weight excluding hydrogens is 220 g/mol. The Morgan fingerprint density at radius 3 is 2.65 bits per heavy atom. The zero-order chi connectivity index (χ0) is 12.4. The summed E-state index contributed by atoms with van der Waals surface area (Å²) in [6.45, 7) is 1.68. The summed E-state index contributed by atoms with van der Waals surface area (Å²) in [5.74, 6) is -0.673. The molecule has 0 saturated carbocycles. The highest BCUT2D eigenvalue weighted by atomic mass is 16.5. The third-order valence-electron chi connectivity index (χ3n) is 2.88. The van der Waals surface area contributed by atoms with Crippen LogP contribution in [0, 0.1) is 0 Å². The van der Waals surface area contributed by atoms with E-state index in [1.807, 2.05) is 30.3 Å². The summed E-state index contributed by atoms with van der Waals surface area (Å²) in [4.78, 5) is 22.9. The fourth-order valence-electron chi connectivity index (χ4n) is 1.80. The van der Waals surface area contributed by atoms with E-state index < -0.39 is 11.9 Å². The van der Waals surface area contributed by atoms with Crippen LogP contribution in [0.15, 0.2) is 30.3 Å². The lowest BCUT2D eigenvalue weighted by molar-refractivity contribution is -0.207. The van der Waals surface area contributed by atoms with E-state index in [0.717, 1.165) is 5.56 Å². The maximum atomic E-state index is 11.6. The van der Waals surface area contributed by atoms with E-state index in [-0.39, 0.29) is 18.4 Å². The predicted molar refractivity (Wildman–Crippen MR) is 60.2 cm³/mol. The van der Waals surface area contributed by atoms with Crippen molar-refractivity contribution in [2.24, 2.45) is 0 Å². The average Bonchev–Trinajstić information content (AvgIpc) is 2.36. The normalized spacial score (nSPS) is 23.2. The maximum Gasteiger partial charge on any atom is 0.271 e. The molecule has 0 aliphatic carbocycles. The molecule has 2 atom stereocenters. The summed E-state index contributed by atoms with van der Waals surface area (Å²) in [7, 11) is 0. The molecule has 2 rings (SSSR count). The van der Waals surface area contributed by atoms with Crippen molar-refractivity contribution in [1.82, 2.24) is 10.4 Å². The molecule has 1 aromatic carbocycles. The minimum atomic E-state index is -0.601. The quantitative estimate of drug-likeness (QED) is 0.585. The fraction of sp³-hybridized carbons (Fsp3) is 0.333. The Hall–Kier alpha value is -1.88. The van der Waals surface area contributed by atoms with Gasteiger partial charge in [-0.2, -0.15) is 0 Å². The van der Waals surface area contributed by atoms with Crippen molar-refractivity contribution in [2.45, 2.75) is 25.4 Å². The third-order valence-corrected chi connectivity index (χ3v) is 2.88. The summed E-state index contributed by atoms with van der Waals surface area (Å²) in [6, 6.07) is 8.33. The van der Waals surface area contributed by atoms with E-state index in [1.165, 1.54) is 0 Å². The first kappa shape index (κ1) is 11.6. The van der Waals surface area contributed by atoms with Crippen molar-refractivity contribution in [1.29, 1.82) is 0 Å². The standard InChI is InChI=1S/C12H14N2O3/c1-8-11(12(16)14(8)17)13-10(15)7-9-5-3-2-4-6-9/h2-6,8,11,17H,7H2,1H3,(H,13,15)/t8?,11-/m0/s1. The number of amides is 2. The van der Waals surface area contributed by atoms with E-state index in [0.29, 0.717) is 5.06 Å². The number of nitrogens with zero attached hydrogens (tertiary/aromatic N) is 1. The number of β-lactam (4-membered cyclic amide) rings is 1. The van der Waals surface area contributed by atoms with Crippen LogP contribution in [0.3, 0.4) is 0 Å². The maximum absolute atomic E-state index is 11.6. The van der Waals surface area contributed by atoms with Gasteiger partial charge in [0, 0.05) is 0 Å². The number of nitrogens with one attached hydrogen (secondary N) is 1. The highest BCUT2D eigenvalue weighted by Crippen LogP contribution is 2.16. The molecule has 1 fully saturated rings. The van der Waals surface area contributed by atoms with Gasteiger partial charge in [0.15, 0.2) is 0 Å². The zero-order valence-corrected chi connectivity index (χ0v) is 9.46. The fourth-order valence-corrected chi connectivity index (χ4v) is 1.80. The Kier molecular flexibility index (Phi) is 3.10. The molecule has 1 saturated heterocycles. The lowest BCUT2D eigenvalue weighted by Crippen LogP contribution is -2.68. The van der Waals surface area contributed by atoms with Crippen LogP contribution in [-0.2, 0) is 16.0 Å². The average molecular weight is 234 g/mol. The predicted octanol–water partition coefficient (Wildman–Crippen LogP) is 0.334. The Balaban J connectivity index is 1.89. The minimum Gasteiger partial charge on any atom is -0.342 e. The van der Waals surface area contributed by atoms with Crippen molar-refractivity contribution in [3.63, 3.8) is 0 Å². The van der Waals surface area contributed by atoms with Crippen LogP contribution in [0.25, 0.3) is 0 Å². The molecule has 2 N–H and O–H groups in total. The molecule has 1 heterocycles. The van der Waals surface area contributed by atoms with Gasteiger partial charge >= 0.3 is 0 Å². The Labute approximate surface area is 99.0 Å². The highest BCUT2D eigenvalue weighted by molar-refractivity contribution is 5.92. The lowest BCUT2D eigenvalue weighted by atomic mass is 10.00. The number of hydrogen-bond acceptors (Lipinski definition) is 3. The van der Waals surface area contributed by atoms with Gasteiger partial charge in [0.05, 0.1) is 12.5 Å². The summed E-state index contributed by atoms with van der Waals surface area (Å²) >= 11 is 0. The first-order valence-electron chi connectivity index (χ1n) is 5.45. The van der Waals surface area contributed by atoms with Crippen molar-refractivity contribution in [2.75, 3.05) is 0 Å². The number of hydroxylamine groups is 2. The number of hydrogen-bond donors (Lipinski definition) is 2. The smallest absolute Gasteiger partial charge is 0.271 e. The topological polar surface area (TPSA) is 69.6 Å². The van der Waals surface area contributed by atoms with Crippen LogP contribution < -0.4 is 5.32 Å². The molecule has 1 unspecified atom stereocenters. The number of carbonyl (C=O) groups excluding carboxylic acids is 2. The molecule has 0 aromatic heterocycles. The van der Waals surface area contributed by atoms with Gasteiger partial charge in [-0.3, -0.25) is 14.8 Å². The second kappa shape index (κ2) is 4.55. The molecule has 90 valence electrons. The van der Waals surface area contributed by atoms with Crippen molar-refractivity contribution < 1.29 is 14.8 Å². The second-order valence-corrected chi connectivity index (χ2v) is 4.13. The summed E-state index contributed by atoms with van der Waals surface area (Å²) in [5, 5.41) is 12.3. The summed E-state index contributed by atoms with van der Waals surface area (Å²) in [5.41, 5.74) is 0.894. The van der Waals surface area contributed by atoms with Crippen molar-refractivity contribution in [3.8, 4) is 0 Å². The number of carbonyl (C=O) groups is 2. The molecule has 5 heteroatoms. The molecular formula is C12H14N2O3. The minimum absolute atomic E-state index is 0.213. The van der Waals surface area contributed by atoms with Crippen LogP contribution in [0.5, 0.6) is 0 Å². The summed E-state index contributed by atoms with van der Waals surface area (Å²) < 4.78 is 0. The van der Waals surface area contributed by atoms with Gasteiger partial charge in [-0.25, -0.2) is 5.06 Å². The molecule has 1 aromatic rings. The largest absolute Gasteiger partial charge is 0.342 e. The highest BCUT2D eigenvalue weighted by Gasteiger charge is 2.44. The van der Waals surface area contributed by atoms with E-state index in [4.69, 9.17) is 5.21 Å². The first-order chi connectivity index (χ1) is 8.09. The second-order valence-electron chi connectivity index (χ2n) is 4.13. The van der Waals surface area contributed by atoms with E-state index in [2.05, 4.69) is 5.32 Å². The van der Waals surface area contributed by atoms with Crippen LogP contribution in [-0.4, -0.2) is 34.2 Å². The van der Waals surface area contributed by atoms with Crippen LogP contribution in [0.2, 0.25) is 0 Å². The van der Waals surface area contributed by atoms with Gasteiger partial charge in [-0.15, -0.1) is 0 Å². The van der Waals surface area contributed by atoms with Crippen molar-refractivity contribution in [3.05, 3.63) is 35.9 Å². The molecule has 0 radical (unpaired) electrons. The monoisotopic (exact) mass is 234 g/mol. The first-order valence-corrected chi connectivity index (χ1v) is 5.45.